The highest BCUT2D eigenvalue weighted by molar-refractivity contribution is 7.17. The SMILES string of the molecule is C=C/C=c1\c(=C(/C)Cl)sc2ccc(-n3c4ccc5ccccc5c4c4c5ccccc5ccc43)cc12. The molecule has 0 radical (unpaired) electrons. The molecule has 0 saturated carbocycles. The lowest BCUT2D eigenvalue weighted by Gasteiger charge is -2.09. The molecule has 5 aromatic carbocycles. The molecule has 7 rings (SSSR count). The number of aromatic nitrogens is 1. The summed E-state index contributed by atoms with van der Waals surface area (Å²) in [6.45, 7) is 5.90. The van der Waals surface area contributed by atoms with Gasteiger partial charge >= 0.3 is 0 Å². The highest BCUT2D eigenvalue weighted by Gasteiger charge is 2.17. The molecule has 2 aromatic heterocycles. The largest absolute Gasteiger partial charge is 0.309 e. The van der Waals surface area contributed by atoms with Crippen LogP contribution in [0.5, 0.6) is 0 Å². The summed E-state index contributed by atoms with van der Waals surface area (Å²) >= 11 is 8.22. The van der Waals surface area contributed by atoms with Crippen molar-refractivity contribution in [1.82, 2.24) is 4.57 Å². The molecule has 0 N–H and O–H groups in total. The molecule has 0 saturated heterocycles. The summed E-state index contributed by atoms with van der Waals surface area (Å²) < 4.78 is 4.73. The Morgan fingerprint density at radius 1 is 0.778 bits per heavy atom. The van der Waals surface area contributed by atoms with E-state index in [1.165, 1.54) is 53.4 Å². The fraction of sp³-hybridized carbons (Fsp3) is 0.0303. The number of fused-ring (bicyclic) bond motifs is 8. The summed E-state index contributed by atoms with van der Waals surface area (Å²) in [6, 6.07) is 33.1. The van der Waals surface area contributed by atoms with E-state index in [-0.39, 0.29) is 0 Å². The van der Waals surface area contributed by atoms with Crippen molar-refractivity contribution >= 4 is 87.5 Å². The lowest BCUT2D eigenvalue weighted by Crippen LogP contribution is -2.19. The van der Waals surface area contributed by atoms with Gasteiger partial charge in [0.25, 0.3) is 0 Å². The average molecular weight is 500 g/mol. The molecule has 0 spiro atoms. The molecule has 0 amide bonds. The number of hydrogen-bond acceptors (Lipinski definition) is 1. The van der Waals surface area contributed by atoms with Crippen molar-refractivity contribution < 1.29 is 0 Å². The summed E-state index contributed by atoms with van der Waals surface area (Å²) in [5.74, 6) is 0. The second-order valence-electron chi connectivity index (χ2n) is 9.16. The van der Waals surface area contributed by atoms with Crippen LogP contribution in [0.3, 0.4) is 0 Å². The number of halogens is 1. The second-order valence-corrected chi connectivity index (χ2v) is 10.8. The normalized spacial score (nSPS) is 13.4. The lowest BCUT2D eigenvalue weighted by molar-refractivity contribution is 1.19. The van der Waals surface area contributed by atoms with Gasteiger partial charge in [-0.15, -0.1) is 11.3 Å². The van der Waals surface area contributed by atoms with Gasteiger partial charge in [-0.2, -0.15) is 0 Å². The Morgan fingerprint density at radius 3 is 1.97 bits per heavy atom. The van der Waals surface area contributed by atoms with E-state index in [2.05, 4.69) is 108 Å². The van der Waals surface area contributed by atoms with E-state index < -0.39 is 0 Å². The van der Waals surface area contributed by atoms with Gasteiger partial charge in [-0.05, 0) is 58.8 Å². The van der Waals surface area contributed by atoms with Crippen LogP contribution in [0.25, 0.3) is 70.2 Å². The van der Waals surface area contributed by atoms with Gasteiger partial charge in [0.1, 0.15) is 0 Å². The fourth-order valence-corrected chi connectivity index (χ4v) is 6.89. The van der Waals surface area contributed by atoms with E-state index in [9.17, 15) is 0 Å². The van der Waals surface area contributed by atoms with Gasteiger partial charge in [-0.25, -0.2) is 0 Å². The highest BCUT2D eigenvalue weighted by atomic mass is 35.5. The maximum Gasteiger partial charge on any atom is 0.0547 e. The lowest BCUT2D eigenvalue weighted by atomic mass is 10.00. The van der Waals surface area contributed by atoms with Crippen LogP contribution in [-0.2, 0) is 0 Å². The second kappa shape index (κ2) is 8.09. The van der Waals surface area contributed by atoms with Crippen molar-refractivity contribution in [3.8, 4) is 5.69 Å². The predicted molar refractivity (Wildman–Crippen MR) is 160 cm³/mol. The van der Waals surface area contributed by atoms with Gasteiger partial charge in [0.15, 0.2) is 0 Å². The Labute approximate surface area is 217 Å². The van der Waals surface area contributed by atoms with Crippen LogP contribution < -0.4 is 9.75 Å². The molecule has 0 aliphatic rings. The fourth-order valence-electron chi connectivity index (χ4n) is 5.61. The van der Waals surface area contributed by atoms with Crippen molar-refractivity contribution in [3.05, 3.63) is 113 Å². The van der Waals surface area contributed by atoms with E-state index in [0.717, 1.165) is 20.5 Å². The van der Waals surface area contributed by atoms with Crippen LogP contribution in [0.2, 0.25) is 0 Å². The van der Waals surface area contributed by atoms with Gasteiger partial charge in [0.2, 0.25) is 0 Å². The molecule has 0 atom stereocenters. The van der Waals surface area contributed by atoms with E-state index in [1.54, 1.807) is 11.3 Å². The number of thiophene rings is 1. The predicted octanol–water partition coefficient (Wildman–Crippen LogP) is 8.64. The van der Waals surface area contributed by atoms with Crippen molar-refractivity contribution in [2.75, 3.05) is 0 Å². The molecule has 0 aliphatic carbocycles. The molecular formula is C33H22ClNS. The van der Waals surface area contributed by atoms with E-state index >= 15 is 0 Å². The topological polar surface area (TPSA) is 4.93 Å². The van der Waals surface area contributed by atoms with Crippen molar-refractivity contribution in [2.24, 2.45) is 0 Å². The van der Waals surface area contributed by atoms with Gasteiger partial charge in [0, 0.05) is 41.3 Å². The molecule has 0 unspecified atom stereocenters. The zero-order valence-corrected chi connectivity index (χ0v) is 21.3. The van der Waals surface area contributed by atoms with Crippen LogP contribution in [0, 0.1) is 0 Å². The number of benzene rings is 5. The van der Waals surface area contributed by atoms with Gasteiger partial charge in [-0.1, -0.05) is 91.0 Å². The zero-order valence-electron chi connectivity index (χ0n) is 19.8. The molecule has 7 aromatic rings. The van der Waals surface area contributed by atoms with E-state index in [4.69, 9.17) is 11.6 Å². The number of hydrogen-bond donors (Lipinski definition) is 0. The molecule has 3 heteroatoms. The maximum atomic E-state index is 6.49. The molecule has 0 aliphatic heterocycles. The number of allylic oxidation sites excluding steroid dienone is 1. The van der Waals surface area contributed by atoms with Gasteiger partial charge in [0.05, 0.1) is 11.0 Å². The summed E-state index contributed by atoms with van der Waals surface area (Å²) in [5.41, 5.74) is 3.57. The third-order valence-corrected chi connectivity index (χ3v) is 8.72. The van der Waals surface area contributed by atoms with Crippen molar-refractivity contribution in [2.45, 2.75) is 6.92 Å². The quantitative estimate of drug-likeness (QED) is 0.224. The summed E-state index contributed by atoms with van der Waals surface area (Å²) in [6.07, 6.45) is 3.91. The molecule has 1 nitrogen and oxygen atoms in total. The first-order valence-corrected chi connectivity index (χ1v) is 13.2. The minimum absolute atomic E-state index is 0.806. The molecule has 36 heavy (non-hydrogen) atoms. The third-order valence-electron chi connectivity index (χ3n) is 7.11. The van der Waals surface area contributed by atoms with Gasteiger partial charge < -0.3 is 4.57 Å². The minimum Gasteiger partial charge on any atom is -0.309 e. The minimum atomic E-state index is 0.806. The zero-order chi connectivity index (χ0) is 24.4. The smallest absolute Gasteiger partial charge is 0.0547 e. The Morgan fingerprint density at radius 2 is 1.39 bits per heavy atom. The van der Waals surface area contributed by atoms with Crippen LogP contribution >= 0.6 is 22.9 Å². The summed E-state index contributed by atoms with van der Waals surface area (Å²) in [4.78, 5) is 0. The van der Waals surface area contributed by atoms with Crippen molar-refractivity contribution in [1.29, 1.82) is 0 Å². The first kappa shape index (κ1) is 21.4. The summed E-state index contributed by atoms with van der Waals surface area (Å²) in [5, 5.41) is 10.8. The molecule has 0 fully saturated rings. The maximum absolute atomic E-state index is 6.49. The summed E-state index contributed by atoms with van der Waals surface area (Å²) in [7, 11) is 0. The van der Waals surface area contributed by atoms with Crippen LogP contribution in [0.15, 0.2) is 104 Å². The first-order chi connectivity index (χ1) is 17.7. The Balaban J connectivity index is 1.70. The number of nitrogens with zero attached hydrogens (tertiary/aromatic N) is 1. The van der Waals surface area contributed by atoms with Crippen molar-refractivity contribution in [3.63, 3.8) is 0 Å². The molecule has 172 valence electrons. The van der Waals surface area contributed by atoms with E-state index in [0.29, 0.717) is 0 Å². The van der Waals surface area contributed by atoms with Crippen LogP contribution in [0.1, 0.15) is 6.92 Å². The monoisotopic (exact) mass is 499 g/mol. The molecule has 2 heterocycles. The molecule has 0 bridgehead atoms. The standard InChI is InChI=1S/C33H22ClNS/c1-3-8-26-27-19-23(15-18-30(27)36-33(26)20(2)34)35-28-16-13-21-9-4-6-11-24(21)31(28)32-25-12-7-5-10-22(25)14-17-29(32)35/h3-19H,1H2,2H3/b26-8-,33-20-. The molecular weight excluding hydrogens is 478 g/mol. The Hall–Kier alpha value is -3.85. The van der Waals surface area contributed by atoms with Crippen LogP contribution in [0.4, 0.5) is 0 Å². The van der Waals surface area contributed by atoms with Gasteiger partial charge in [-0.3, -0.25) is 0 Å². The van der Waals surface area contributed by atoms with Crippen LogP contribution in [-0.4, -0.2) is 4.57 Å². The van der Waals surface area contributed by atoms with E-state index in [1.807, 2.05) is 13.0 Å². The third kappa shape index (κ3) is 3.02. The highest BCUT2D eigenvalue weighted by Crippen LogP contribution is 2.40. The first-order valence-electron chi connectivity index (χ1n) is 12.0. The number of rotatable bonds is 2. The average Bonchev–Trinajstić information content (AvgIpc) is 3.45. The Kier molecular flexibility index (Phi) is 4.82. The Bertz CT molecular complexity index is 2050.